The monoisotopic (exact) mass is 367 g/mol. The van der Waals surface area contributed by atoms with Crippen molar-refractivity contribution in [1.29, 1.82) is 0 Å². The lowest BCUT2D eigenvalue weighted by Crippen LogP contribution is -2.42. The zero-order valence-corrected chi connectivity index (χ0v) is 16.0. The Labute approximate surface area is 159 Å². The van der Waals surface area contributed by atoms with Crippen LogP contribution in [-0.4, -0.2) is 29.9 Å². The van der Waals surface area contributed by atoms with Crippen LogP contribution in [0.15, 0.2) is 42.5 Å². The molecule has 5 heteroatoms. The average Bonchev–Trinajstić information content (AvgIpc) is 2.79. The van der Waals surface area contributed by atoms with E-state index in [1.807, 2.05) is 50.2 Å². The molecule has 1 amide bonds. The van der Waals surface area contributed by atoms with Gasteiger partial charge in [0.25, 0.3) is 5.91 Å². The molecule has 0 aliphatic carbocycles. The van der Waals surface area contributed by atoms with Crippen LogP contribution < -0.4 is 9.64 Å². The third-order valence-corrected chi connectivity index (χ3v) is 4.78. The van der Waals surface area contributed by atoms with E-state index < -0.39 is 11.5 Å². The number of aliphatic hydroxyl groups is 1. The molecule has 0 radical (unpaired) electrons. The molecule has 1 N–H and O–H groups in total. The standard InChI is InChI=1S/C22H25NO4/c1-15-6-4-7-18(12-15)27-11-5-10-23-20-9-8-16(2)13-19(20)22(26,21(23)25)14-17(3)24/h4,6-9,12-13,26H,5,10-11,14H2,1-3H3/t22-/m0/s1. The fourth-order valence-corrected chi connectivity index (χ4v) is 3.54. The lowest BCUT2D eigenvalue weighted by Gasteiger charge is -2.22. The molecule has 0 fully saturated rings. The van der Waals surface area contributed by atoms with E-state index >= 15 is 0 Å². The molecule has 0 saturated heterocycles. The number of ketones is 1. The molecule has 1 aliphatic heterocycles. The van der Waals surface area contributed by atoms with Gasteiger partial charge in [-0.1, -0.05) is 29.8 Å². The molecule has 3 rings (SSSR count). The Morgan fingerprint density at radius 2 is 1.89 bits per heavy atom. The summed E-state index contributed by atoms with van der Waals surface area (Å²) < 4.78 is 5.75. The number of amides is 1. The second-order valence-electron chi connectivity index (χ2n) is 7.23. The predicted molar refractivity (Wildman–Crippen MR) is 104 cm³/mol. The van der Waals surface area contributed by atoms with Crippen molar-refractivity contribution in [2.24, 2.45) is 0 Å². The summed E-state index contributed by atoms with van der Waals surface area (Å²) in [4.78, 5) is 26.1. The highest BCUT2D eigenvalue weighted by Gasteiger charge is 2.50. The summed E-state index contributed by atoms with van der Waals surface area (Å²) in [5.41, 5.74) is 1.48. The van der Waals surface area contributed by atoms with Crippen molar-refractivity contribution in [1.82, 2.24) is 0 Å². The van der Waals surface area contributed by atoms with Gasteiger partial charge in [-0.2, -0.15) is 0 Å². The first-order chi connectivity index (χ1) is 12.8. The van der Waals surface area contributed by atoms with Gasteiger partial charge in [0.2, 0.25) is 0 Å². The second kappa shape index (κ2) is 7.53. The van der Waals surface area contributed by atoms with E-state index in [1.165, 1.54) is 6.92 Å². The maximum atomic E-state index is 12.9. The highest BCUT2D eigenvalue weighted by molar-refractivity contribution is 6.08. The molecule has 0 spiro atoms. The van der Waals surface area contributed by atoms with E-state index in [4.69, 9.17) is 4.74 Å². The van der Waals surface area contributed by atoms with Crippen molar-refractivity contribution in [2.45, 2.75) is 39.2 Å². The maximum Gasteiger partial charge on any atom is 0.264 e. The lowest BCUT2D eigenvalue weighted by molar-refractivity contribution is -0.141. The molecule has 2 aromatic rings. The predicted octanol–water partition coefficient (Wildman–Crippen LogP) is 3.29. The Morgan fingerprint density at radius 3 is 2.59 bits per heavy atom. The van der Waals surface area contributed by atoms with Gasteiger partial charge in [0.05, 0.1) is 12.3 Å². The first kappa shape index (κ1) is 19.1. The minimum absolute atomic E-state index is 0.210. The molecule has 142 valence electrons. The van der Waals surface area contributed by atoms with Gasteiger partial charge >= 0.3 is 0 Å². The van der Waals surface area contributed by atoms with Crippen LogP contribution in [0.5, 0.6) is 5.75 Å². The van der Waals surface area contributed by atoms with E-state index in [9.17, 15) is 14.7 Å². The number of hydrogen-bond donors (Lipinski definition) is 1. The summed E-state index contributed by atoms with van der Waals surface area (Å²) in [6.07, 6.45) is 0.404. The molecule has 1 atom stereocenters. The first-order valence-corrected chi connectivity index (χ1v) is 9.15. The zero-order chi connectivity index (χ0) is 19.6. The number of Topliss-reactive ketones (excluding diaryl/α,β-unsaturated/α-hetero) is 1. The Kier molecular flexibility index (Phi) is 5.33. The number of nitrogens with zero attached hydrogens (tertiary/aromatic N) is 1. The third-order valence-electron chi connectivity index (χ3n) is 4.78. The molecule has 0 unspecified atom stereocenters. The average molecular weight is 367 g/mol. The molecule has 1 aliphatic rings. The Hall–Kier alpha value is -2.66. The summed E-state index contributed by atoms with van der Waals surface area (Å²) in [7, 11) is 0. The molecule has 1 heterocycles. The van der Waals surface area contributed by atoms with Gasteiger partial charge in [-0.15, -0.1) is 0 Å². The van der Waals surface area contributed by atoms with Crippen LogP contribution in [0.25, 0.3) is 0 Å². The molecule has 5 nitrogen and oxygen atoms in total. The van der Waals surface area contributed by atoms with Gasteiger partial charge in [-0.3, -0.25) is 9.59 Å². The van der Waals surface area contributed by atoms with Crippen LogP contribution in [0.3, 0.4) is 0 Å². The number of anilines is 1. The van der Waals surface area contributed by atoms with Crippen LogP contribution in [0.2, 0.25) is 0 Å². The van der Waals surface area contributed by atoms with Crippen molar-refractivity contribution < 1.29 is 19.4 Å². The van der Waals surface area contributed by atoms with Crippen LogP contribution in [0, 0.1) is 13.8 Å². The smallest absolute Gasteiger partial charge is 0.264 e. The Bertz CT molecular complexity index is 876. The van der Waals surface area contributed by atoms with Crippen molar-refractivity contribution in [2.75, 3.05) is 18.1 Å². The van der Waals surface area contributed by atoms with Crippen molar-refractivity contribution in [3.05, 3.63) is 59.2 Å². The highest BCUT2D eigenvalue weighted by Crippen LogP contribution is 2.43. The fourth-order valence-electron chi connectivity index (χ4n) is 3.54. The first-order valence-electron chi connectivity index (χ1n) is 9.15. The van der Waals surface area contributed by atoms with Crippen LogP contribution in [0.4, 0.5) is 5.69 Å². The molecule has 0 aromatic heterocycles. The number of rotatable bonds is 7. The minimum Gasteiger partial charge on any atom is -0.494 e. The van der Waals surface area contributed by atoms with Gasteiger partial charge in [-0.25, -0.2) is 0 Å². The molecule has 27 heavy (non-hydrogen) atoms. The Morgan fingerprint density at radius 1 is 1.15 bits per heavy atom. The normalized spacial score (nSPS) is 18.5. The topological polar surface area (TPSA) is 66.8 Å². The van der Waals surface area contributed by atoms with E-state index in [-0.39, 0.29) is 12.2 Å². The number of aryl methyl sites for hydroxylation is 2. The summed E-state index contributed by atoms with van der Waals surface area (Å²) in [6.45, 7) is 6.17. The van der Waals surface area contributed by atoms with Gasteiger partial charge < -0.3 is 14.7 Å². The van der Waals surface area contributed by atoms with Crippen molar-refractivity contribution in [3.8, 4) is 5.75 Å². The van der Waals surface area contributed by atoms with Crippen LogP contribution in [-0.2, 0) is 15.2 Å². The van der Waals surface area contributed by atoms with Crippen LogP contribution >= 0.6 is 0 Å². The van der Waals surface area contributed by atoms with Gasteiger partial charge in [0.1, 0.15) is 11.5 Å². The minimum atomic E-state index is -1.77. The summed E-state index contributed by atoms with van der Waals surface area (Å²) in [5, 5.41) is 11.0. The fraction of sp³-hybridized carbons (Fsp3) is 0.364. The number of hydrogen-bond acceptors (Lipinski definition) is 4. The number of benzene rings is 2. The second-order valence-corrected chi connectivity index (χ2v) is 7.23. The Balaban J connectivity index is 1.72. The number of carbonyl (C=O) groups is 2. The maximum absolute atomic E-state index is 12.9. The summed E-state index contributed by atoms with van der Waals surface area (Å²) in [5.74, 6) is 0.142. The van der Waals surface area contributed by atoms with Gasteiger partial charge in [0, 0.05) is 18.5 Å². The van der Waals surface area contributed by atoms with E-state index in [2.05, 4.69) is 0 Å². The highest BCUT2D eigenvalue weighted by atomic mass is 16.5. The van der Waals surface area contributed by atoms with Gasteiger partial charge in [-0.05, 0) is 51.0 Å². The molecule has 2 aromatic carbocycles. The number of fused-ring (bicyclic) bond motifs is 1. The summed E-state index contributed by atoms with van der Waals surface area (Å²) >= 11 is 0. The number of ether oxygens (including phenoxy) is 1. The summed E-state index contributed by atoms with van der Waals surface area (Å²) in [6, 6.07) is 13.3. The largest absolute Gasteiger partial charge is 0.494 e. The SMILES string of the molecule is CC(=O)C[C@@]1(O)C(=O)N(CCCOc2cccc(C)c2)c2ccc(C)cc21. The van der Waals surface area contributed by atoms with E-state index in [0.29, 0.717) is 30.8 Å². The van der Waals surface area contributed by atoms with E-state index in [0.717, 1.165) is 16.9 Å². The molecule has 0 saturated carbocycles. The molecular formula is C22H25NO4. The quantitative estimate of drug-likeness (QED) is 0.763. The van der Waals surface area contributed by atoms with Gasteiger partial charge in [0.15, 0.2) is 5.60 Å². The van der Waals surface area contributed by atoms with Crippen molar-refractivity contribution in [3.63, 3.8) is 0 Å². The lowest BCUT2D eigenvalue weighted by atomic mass is 9.89. The van der Waals surface area contributed by atoms with Crippen molar-refractivity contribution >= 4 is 17.4 Å². The van der Waals surface area contributed by atoms with E-state index in [1.54, 1.807) is 11.0 Å². The number of carbonyl (C=O) groups excluding carboxylic acids is 2. The molecular weight excluding hydrogens is 342 g/mol. The zero-order valence-electron chi connectivity index (χ0n) is 16.0. The third kappa shape index (κ3) is 3.88. The molecule has 0 bridgehead atoms. The van der Waals surface area contributed by atoms with Crippen LogP contribution in [0.1, 0.15) is 36.5 Å².